The van der Waals surface area contributed by atoms with E-state index in [2.05, 4.69) is 5.32 Å². The van der Waals surface area contributed by atoms with E-state index in [0.29, 0.717) is 5.56 Å². The topological polar surface area (TPSA) is 66.5 Å². The van der Waals surface area contributed by atoms with Gasteiger partial charge in [0.15, 0.2) is 0 Å². The quantitative estimate of drug-likeness (QED) is 0.876. The SMILES string of the molecule is Cc1ccccc1C(=O)NCCN1C(=O)c2cccc(F)c2C1=O. The number of halogens is 1. The zero-order valence-corrected chi connectivity index (χ0v) is 13.0. The lowest BCUT2D eigenvalue weighted by molar-refractivity contribution is 0.0648. The van der Waals surface area contributed by atoms with Crippen molar-refractivity contribution in [3.63, 3.8) is 0 Å². The molecule has 1 heterocycles. The first-order valence-corrected chi connectivity index (χ1v) is 7.49. The molecular weight excluding hydrogens is 311 g/mol. The predicted molar refractivity (Wildman–Crippen MR) is 85.3 cm³/mol. The molecule has 1 aliphatic heterocycles. The van der Waals surface area contributed by atoms with Crippen molar-refractivity contribution in [3.8, 4) is 0 Å². The van der Waals surface area contributed by atoms with Crippen LogP contribution in [0.1, 0.15) is 36.6 Å². The molecule has 0 radical (unpaired) electrons. The summed E-state index contributed by atoms with van der Waals surface area (Å²) in [7, 11) is 0. The molecule has 2 aromatic rings. The van der Waals surface area contributed by atoms with Crippen molar-refractivity contribution >= 4 is 17.7 Å². The molecule has 0 spiro atoms. The number of nitrogens with one attached hydrogen (secondary N) is 1. The third-order valence-electron chi connectivity index (χ3n) is 3.96. The number of fused-ring (bicyclic) bond motifs is 1. The highest BCUT2D eigenvalue weighted by molar-refractivity contribution is 6.21. The average molecular weight is 326 g/mol. The van der Waals surface area contributed by atoms with Crippen LogP contribution < -0.4 is 5.32 Å². The molecule has 5 nitrogen and oxygen atoms in total. The first kappa shape index (κ1) is 15.9. The van der Waals surface area contributed by atoms with Crippen LogP contribution in [0.5, 0.6) is 0 Å². The summed E-state index contributed by atoms with van der Waals surface area (Å²) in [4.78, 5) is 37.4. The van der Waals surface area contributed by atoms with E-state index in [-0.39, 0.29) is 30.1 Å². The fourth-order valence-corrected chi connectivity index (χ4v) is 2.70. The third kappa shape index (κ3) is 2.67. The van der Waals surface area contributed by atoms with Gasteiger partial charge in [0.05, 0.1) is 11.1 Å². The summed E-state index contributed by atoms with van der Waals surface area (Å²) in [6.45, 7) is 1.91. The highest BCUT2D eigenvalue weighted by Crippen LogP contribution is 2.24. The van der Waals surface area contributed by atoms with Gasteiger partial charge in [-0.25, -0.2) is 4.39 Å². The number of imide groups is 1. The Balaban J connectivity index is 1.65. The number of amides is 3. The predicted octanol–water partition coefficient (Wildman–Crippen LogP) is 2.16. The minimum atomic E-state index is -0.711. The van der Waals surface area contributed by atoms with Crippen LogP contribution >= 0.6 is 0 Å². The lowest BCUT2D eigenvalue weighted by Gasteiger charge is -2.14. The van der Waals surface area contributed by atoms with E-state index in [4.69, 9.17) is 0 Å². The maximum absolute atomic E-state index is 13.7. The van der Waals surface area contributed by atoms with E-state index in [9.17, 15) is 18.8 Å². The van der Waals surface area contributed by atoms with Crippen molar-refractivity contribution in [1.29, 1.82) is 0 Å². The second-order valence-electron chi connectivity index (χ2n) is 5.50. The molecule has 0 unspecified atom stereocenters. The Morgan fingerprint density at radius 3 is 2.54 bits per heavy atom. The normalized spacial score (nSPS) is 13.2. The van der Waals surface area contributed by atoms with Crippen LogP contribution in [0.15, 0.2) is 42.5 Å². The summed E-state index contributed by atoms with van der Waals surface area (Å²) >= 11 is 0. The molecule has 0 saturated carbocycles. The van der Waals surface area contributed by atoms with Crippen molar-refractivity contribution in [2.24, 2.45) is 0 Å². The summed E-state index contributed by atoms with van der Waals surface area (Å²) in [6, 6.07) is 11.1. The number of carbonyl (C=O) groups excluding carboxylic acids is 3. The molecule has 6 heteroatoms. The van der Waals surface area contributed by atoms with E-state index in [1.165, 1.54) is 12.1 Å². The summed E-state index contributed by atoms with van der Waals surface area (Å²) < 4.78 is 13.7. The van der Waals surface area contributed by atoms with Crippen LogP contribution in [0.25, 0.3) is 0 Å². The van der Waals surface area contributed by atoms with Crippen molar-refractivity contribution in [2.45, 2.75) is 6.92 Å². The van der Waals surface area contributed by atoms with Gasteiger partial charge >= 0.3 is 0 Å². The van der Waals surface area contributed by atoms with Gasteiger partial charge in [0.2, 0.25) is 0 Å². The van der Waals surface area contributed by atoms with Crippen molar-refractivity contribution < 1.29 is 18.8 Å². The fraction of sp³-hybridized carbons (Fsp3) is 0.167. The maximum Gasteiger partial charge on any atom is 0.264 e. The van der Waals surface area contributed by atoms with E-state index >= 15 is 0 Å². The van der Waals surface area contributed by atoms with Gasteiger partial charge in [-0.1, -0.05) is 24.3 Å². The van der Waals surface area contributed by atoms with Crippen LogP contribution in [0.2, 0.25) is 0 Å². The Morgan fingerprint density at radius 1 is 1.08 bits per heavy atom. The van der Waals surface area contributed by atoms with Gasteiger partial charge in [-0.2, -0.15) is 0 Å². The molecular formula is C18H15FN2O3. The largest absolute Gasteiger partial charge is 0.350 e. The molecule has 0 atom stereocenters. The van der Waals surface area contributed by atoms with E-state index in [0.717, 1.165) is 16.5 Å². The second-order valence-corrected chi connectivity index (χ2v) is 5.50. The number of hydrogen-bond donors (Lipinski definition) is 1. The van der Waals surface area contributed by atoms with Gasteiger partial charge in [0, 0.05) is 18.7 Å². The number of benzene rings is 2. The van der Waals surface area contributed by atoms with Crippen LogP contribution in [0, 0.1) is 12.7 Å². The fourth-order valence-electron chi connectivity index (χ4n) is 2.70. The van der Waals surface area contributed by atoms with Crippen molar-refractivity contribution in [1.82, 2.24) is 10.2 Å². The smallest absolute Gasteiger partial charge is 0.264 e. The molecule has 1 aliphatic rings. The molecule has 24 heavy (non-hydrogen) atoms. The molecule has 0 bridgehead atoms. The van der Waals surface area contributed by atoms with E-state index < -0.39 is 17.6 Å². The minimum Gasteiger partial charge on any atom is -0.350 e. The molecule has 122 valence electrons. The van der Waals surface area contributed by atoms with Gasteiger partial charge in [-0.05, 0) is 30.7 Å². The third-order valence-corrected chi connectivity index (χ3v) is 3.96. The Labute approximate surface area is 138 Å². The molecule has 0 fully saturated rings. The van der Waals surface area contributed by atoms with Gasteiger partial charge in [0.1, 0.15) is 5.82 Å². The molecule has 0 aliphatic carbocycles. The highest BCUT2D eigenvalue weighted by atomic mass is 19.1. The molecule has 3 amide bonds. The Bertz CT molecular complexity index is 848. The Morgan fingerprint density at radius 2 is 1.83 bits per heavy atom. The summed E-state index contributed by atoms with van der Waals surface area (Å²) in [5, 5.41) is 2.67. The zero-order chi connectivity index (χ0) is 17.3. The number of rotatable bonds is 4. The van der Waals surface area contributed by atoms with Crippen LogP contribution in [-0.2, 0) is 0 Å². The standard InChI is InChI=1S/C18H15FN2O3/c1-11-5-2-3-6-12(11)16(22)20-9-10-21-17(23)13-7-4-8-14(19)15(13)18(21)24/h2-8H,9-10H2,1H3,(H,20,22). The minimum absolute atomic E-state index is 0.0105. The molecule has 3 rings (SSSR count). The number of nitrogens with zero attached hydrogens (tertiary/aromatic N) is 1. The monoisotopic (exact) mass is 326 g/mol. The first-order valence-electron chi connectivity index (χ1n) is 7.49. The Kier molecular flexibility index (Phi) is 4.12. The van der Waals surface area contributed by atoms with Crippen LogP contribution in [0.4, 0.5) is 4.39 Å². The lowest BCUT2D eigenvalue weighted by atomic mass is 10.1. The average Bonchev–Trinajstić information content (AvgIpc) is 2.81. The number of carbonyl (C=O) groups is 3. The van der Waals surface area contributed by atoms with Crippen molar-refractivity contribution in [3.05, 3.63) is 70.5 Å². The lowest BCUT2D eigenvalue weighted by Crippen LogP contribution is -2.38. The number of hydrogen-bond acceptors (Lipinski definition) is 3. The van der Waals surface area contributed by atoms with Gasteiger partial charge < -0.3 is 5.32 Å². The first-order chi connectivity index (χ1) is 11.5. The summed E-state index contributed by atoms with van der Waals surface area (Å²) in [5.41, 5.74) is 1.22. The van der Waals surface area contributed by atoms with Crippen LogP contribution in [-0.4, -0.2) is 35.7 Å². The maximum atomic E-state index is 13.7. The molecule has 1 N–H and O–H groups in total. The van der Waals surface area contributed by atoms with E-state index in [1.54, 1.807) is 12.1 Å². The zero-order valence-electron chi connectivity index (χ0n) is 13.0. The highest BCUT2D eigenvalue weighted by Gasteiger charge is 2.37. The van der Waals surface area contributed by atoms with Gasteiger partial charge in [0.25, 0.3) is 17.7 Å². The van der Waals surface area contributed by atoms with Gasteiger partial charge in [-0.3, -0.25) is 19.3 Å². The van der Waals surface area contributed by atoms with Crippen molar-refractivity contribution in [2.75, 3.05) is 13.1 Å². The molecule has 0 saturated heterocycles. The summed E-state index contributed by atoms with van der Waals surface area (Å²) in [6.07, 6.45) is 0. The van der Waals surface area contributed by atoms with Crippen LogP contribution in [0.3, 0.4) is 0 Å². The molecule has 2 aromatic carbocycles. The Hall–Kier alpha value is -3.02. The van der Waals surface area contributed by atoms with Gasteiger partial charge in [-0.15, -0.1) is 0 Å². The number of aryl methyl sites for hydroxylation is 1. The van der Waals surface area contributed by atoms with E-state index in [1.807, 2.05) is 19.1 Å². The summed E-state index contributed by atoms with van der Waals surface area (Å²) in [5.74, 6) is -2.20. The molecule has 0 aromatic heterocycles. The second kappa shape index (κ2) is 6.23.